The van der Waals surface area contributed by atoms with Crippen molar-refractivity contribution in [1.29, 1.82) is 0 Å². The fraction of sp³-hybridized carbons (Fsp3) is 0.412. The van der Waals surface area contributed by atoms with Crippen LogP contribution in [0, 0.1) is 6.92 Å². The number of hydrogen-bond donors (Lipinski definition) is 2. The average molecular weight is 320 g/mol. The van der Waals surface area contributed by atoms with Crippen molar-refractivity contribution in [3.8, 4) is 5.75 Å². The minimum absolute atomic E-state index is 0.132. The number of aromatic nitrogens is 2. The van der Waals surface area contributed by atoms with Crippen LogP contribution in [-0.2, 0) is 6.42 Å². The number of benzene rings is 1. The van der Waals surface area contributed by atoms with Gasteiger partial charge in [-0.3, -0.25) is 0 Å². The molecule has 2 aromatic rings. The molecule has 1 heterocycles. The summed E-state index contributed by atoms with van der Waals surface area (Å²) >= 11 is 5.87. The van der Waals surface area contributed by atoms with Crippen LogP contribution in [0.1, 0.15) is 36.9 Å². The maximum absolute atomic E-state index is 9.36. The van der Waals surface area contributed by atoms with Crippen molar-refractivity contribution in [2.24, 2.45) is 0 Å². The minimum Gasteiger partial charge on any atom is -0.504 e. The highest BCUT2D eigenvalue weighted by molar-refractivity contribution is 6.30. The monoisotopic (exact) mass is 319 g/mol. The molecule has 2 rings (SSSR count). The van der Waals surface area contributed by atoms with E-state index in [4.69, 9.17) is 11.6 Å². The average Bonchev–Trinajstić information content (AvgIpc) is 2.51. The Balaban J connectivity index is 1.55. The Labute approximate surface area is 136 Å². The molecular weight excluding hydrogens is 298 g/mol. The molecule has 0 bridgehead atoms. The summed E-state index contributed by atoms with van der Waals surface area (Å²) < 4.78 is 0. The lowest BCUT2D eigenvalue weighted by Gasteiger charge is -2.06. The van der Waals surface area contributed by atoms with Crippen molar-refractivity contribution in [3.63, 3.8) is 0 Å². The highest BCUT2D eigenvalue weighted by Gasteiger charge is 2.00. The van der Waals surface area contributed by atoms with Gasteiger partial charge in [-0.15, -0.1) is 0 Å². The maximum Gasteiger partial charge on any atom is 0.223 e. The maximum atomic E-state index is 9.36. The summed E-state index contributed by atoms with van der Waals surface area (Å²) in [6.07, 6.45) is 7.19. The lowest BCUT2D eigenvalue weighted by atomic mass is 10.1. The molecule has 0 radical (unpaired) electrons. The Morgan fingerprint density at radius 1 is 1.09 bits per heavy atom. The quantitative estimate of drug-likeness (QED) is 0.710. The summed E-state index contributed by atoms with van der Waals surface area (Å²) in [6, 6.07) is 8.07. The highest BCUT2D eigenvalue weighted by atomic mass is 35.5. The van der Waals surface area contributed by atoms with Gasteiger partial charge in [-0.2, -0.15) is 0 Å². The molecule has 4 nitrogen and oxygen atoms in total. The van der Waals surface area contributed by atoms with E-state index in [1.54, 1.807) is 6.92 Å². The van der Waals surface area contributed by atoms with E-state index in [-0.39, 0.29) is 5.75 Å². The third kappa shape index (κ3) is 5.53. The predicted octanol–water partition coefficient (Wildman–Crippen LogP) is 4.36. The Morgan fingerprint density at radius 3 is 2.55 bits per heavy atom. The van der Waals surface area contributed by atoms with Crippen LogP contribution in [-0.4, -0.2) is 21.6 Å². The van der Waals surface area contributed by atoms with Gasteiger partial charge >= 0.3 is 0 Å². The van der Waals surface area contributed by atoms with E-state index in [9.17, 15) is 5.11 Å². The van der Waals surface area contributed by atoms with Gasteiger partial charge < -0.3 is 10.4 Å². The Morgan fingerprint density at radius 2 is 1.82 bits per heavy atom. The predicted molar refractivity (Wildman–Crippen MR) is 90.5 cm³/mol. The van der Waals surface area contributed by atoms with Crippen molar-refractivity contribution in [2.75, 3.05) is 11.9 Å². The van der Waals surface area contributed by atoms with Crippen molar-refractivity contribution in [2.45, 2.75) is 39.0 Å². The first-order valence-electron chi connectivity index (χ1n) is 7.66. The van der Waals surface area contributed by atoms with Gasteiger partial charge in [0, 0.05) is 11.6 Å². The number of anilines is 1. The molecule has 0 amide bonds. The summed E-state index contributed by atoms with van der Waals surface area (Å²) in [7, 11) is 0. The molecule has 0 aliphatic heterocycles. The zero-order valence-corrected chi connectivity index (χ0v) is 13.6. The van der Waals surface area contributed by atoms with E-state index in [1.807, 2.05) is 12.1 Å². The number of nitrogens with one attached hydrogen (secondary N) is 1. The summed E-state index contributed by atoms with van der Waals surface area (Å²) in [5.74, 6) is 0.712. The van der Waals surface area contributed by atoms with Crippen LogP contribution in [0.2, 0.25) is 5.02 Å². The number of rotatable bonds is 8. The molecule has 0 saturated carbocycles. The molecule has 1 aromatic carbocycles. The Bertz CT molecular complexity index is 587. The normalized spacial score (nSPS) is 10.6. The first kappa shape index (κ1) is 16.6. The molecule has 0 aliphatic rings. The molecule has 5 heteroatoms. The topological polar surface area (TPSA) is 58.0 Å². The lowest BCUT2D eigenvalue weighted by molar-refractivity contribution is 0.464. The SMILES string of the molecule is Cc1nc(NCCCCCCc2ccc(Cl)cc2)ncc1O. The molecule has 1 aromatic heterocycles. The molecule has 0 aliphatic carbocycles. The van der Waals surface area contributed by atoms with Gasteiger partial charge in [0.05, 0.1) is 11.9 Å². The first-order chi connectivity index (χ1) is 10.6. The standard InChI is InChI=1S/C17H22ClN3O/c1-13-16(22)12-20-17(21-13)19-11-5-3-2-4-6-14-7-9-15(18)10-8-14/h7-10,12,22H,2-6,11H2,1H3,(H,19,20,21). The Hall–Kier alpha value is -1.81. The zero-order valence-electron chi connectivity index (χ0n) is 12.8. The van der Waals surface area contributed by atoms with Crippen molar-refractivity contribution >= 4 is 17.5 Å². The second-order valence-corrected chi connectivity index (χ2v) is 5.82. The summed E-state index contributed by atoms with van der Waals surface area (Å²) in [5.41, 5.74) is 1.94. The number of aromatic hydroxyl groups is 1. The summed E-state index contributed by atoms with van der Waals surface area (Å²) in [5, 5.41) is 13.3. The first-order valence-corrected chi connectivity index (χ1v) is 8.04. The third-order valence-electron chi connectivity index (χ3n) is 3.54. The Kier molecular flexibility index (Phi) is 6.46. The number of aryl methyl sites for hydroxylation is 2. The van der Waals surface area contributed by atoms with Crippen LogP contribution in [0.4, 0.5) is 5.95 Å². The van der Waals surface area contributed by atoms with Gasteiger partial charge in [0.15, 0.2) is 5.75 Å². The molecule has 0 atom stereocenters. The number of unbranched alkanes of at least 4 members (excludes halogenated alkanes) is 3. The summed E-state index contributed by atoms with van der Waals surface area (Å²) in [4.78, 5) is 8.21. The number of hydrogen-bond acceptors (Lipinski definition) is 4. The fourth-order valence-corrected chi connectivity index (χ4v) is 2.33. The molecule has 118 valence electrons. The molecule has 0 spiro atoms. The van der Waals surface area contributed by atoms with E-state index in [0.29, 0.717) is 11.6 Å². The van der Waals surface area contributed by atoms with Crippen molar-refractivity contribution < 1.29 is 5.11 Å². The van der Waals surface area contributed by atoms with Crippen LogP contribution < -0.4 is 5.32 Å². The summed E-state index contributed by atoms with van der Waals surface area (Å²) in [6.45, 7) is 2.62. The van der Waals surface area contributed by atoms with E-state index in [2.05, 4.69) is 27.4 Å². The van der Waals surface area contributed by atoms with Gasteiger partial charge in [-0.05, 0) is 43.9 Å². The second kappa shape index (κ2) is 8.59. The molecule has 0 saturated heterocycles. The molecule has 22 heavy (non-hydrogen) atoms. The van der Waals surface area contributed by atoms with Crippen LogP contribution in [0.15, 0.2) is 30.5 Å². The van der Waals surface area contributed by atoms with Gasteiger partial charge in [-0.1, -0.05) is 36.6 Å². The molecule has 2 N–H and O–H groups in total. The van der Waals surface area contributed by atoms with Crippen LogP contribution in [0.3, 0.4) is 0 Å². The van der Waals surface area contributed by atoms with Gasteiger partial charge in [-0.25, -0.2) is 9.97 Å². The molecule has 0 unspecified atom stereocenters. The molecule has 0 fully saturated rings. The van der Waals surface area contributed by atoms with E-state index in [0.717, 1.165) is 24.4 Å². The fourth-order valence-electron chi connectivity index (χ4n) is 2.20. The lowest BCUT2D eigenvalue weighted by Crippen LogP contribution is -2.05. The van der Waals surface area contributed by atoms with Crippen LogP contribution >= 0.6 is 11.6 Å². The third-order valence-corrected chi connectivity index (χ3v) is 3.79. The van der Waals surface area contributed by atoms with E-state index in [1.165, 1.54) is 31.0 Å². The second-order valence-electron chi connectivity index (χ2n) is 5.38. The van der Waals surface area contributed by atoms with Gasteiger partial charge in [0.2, 0.25) is 5.95 Å². The minimum atomic E-state index is 0.132. The van der Waals surface area contributed by atoms with Crippen LogP contribution in [0.5, 0.6) is 5.75 Å². The highest BCUT2D eigenvalue weighted by Crippen LogP contribution is 2.14. The largest absolute Gasteiger partial charge is 0.504 e. The van der Waals surface area contributed by atoms with Gasteiger partial charge in [0.1, 0.15) is 0 Å². The van der Waals surface area contributed by atoms with E-state index >= 15 is 0 Å². The van der Waals surface area contributed by atoms with Crippen molar-refractivity contribution in [1.82, 2.24) is 9.97 Å². The number of halogens is 1. The number of nitrogens with zero attached hydrogens (tertiary/aromatic N) is 2. The molecular formula is C17H22ClN3O. The van der Waals surface area contributed by atoms with Crippen LogP contribution in [0.25, 0.3) is 0 Å². The van der Waals surface area contributed by atoms with E-state index < -0.39 is 0 Å². The van der Waals surface area contributed by atoms with Gasteiger partial charge in [0.25, 0.3) is 0 Å². The van der Waals surface area contributed by atoms with Crippen molar-refractivity contribution in [3.05, 3.63) is 46.7 Å². The smallest absolute Gasteiger partial charge is 0.223 e. The zero-order chi connectivity index (χ0) is 15.8.